The van der Waals surface area contributed by atoms with Crippen molar-refractivity contribution in [1.29, 1.82) is 0 Å². The molecule has 0 aliphatic rings. The number of nitrogens with one attached hydrogen (secondary N) is 1. The Bertz CT molecular complexity index is 459. The number of fused-ring (bicyclic) bond motifs is 1. The molecule has 0 radical (unpaired) electrons. The van der Waals surface area contributed by atoms with Gasteiger partial charge in [-0.3, -0.25) is 4.79 Å². The number of carbonyl (C=O) groups is 1. The average Bonchev–Trinajstić information content (AvgIpc) is 2.73. The van der Waals surface area contributed by atoms with Crippen molar-refractivity contribution in [2.24, 2.45) is 5.73 Å². The quantitative estimate of drug-likeness (QED) is 0.795. The van der Waals surface area contributed by atoms with Crippen LogP contribution in [0.5, 0.6) is 0 Å². The second-order valence-corrected chi connectivity index (χ2v) is 4.63. The van der Waals surface area contributed by atoms with Gasteiger partial charge in [0.1, 0.15) is 0 Å². The maximum absolute atomic E-state index is 11.7. The van der Waals surface area contributed by atoms with E-state index in [4.69, 9.17) is 5.73 Å². The van der Waals surface area contributed by atoms with Crippen LogP contribution < -0.4 is 11.1 Å². The van der Waals surface area contributed by atoms with E-state index in [2.05, 4.69) is 5.32 Å². The molecule has 2 rings (SSSR count). The number of benzene rings is 1. The molecule has 84 valence electrons. The van der Waals surface area contributed by atoms with Crippen LogP contribution in [0.3, 0.4) is 0 Å². The van der Waals surface area contributed by atoms with Crippen molar-refractivity contribution in [2.45, 2.75) is 6.42 Å². The molecular formula is C12H14N2OS. The number of nitrogens with two attached hydrogens (primary N) is 1. The van der Waals surface area contributed by atoms with Gasteiger partial charge in [0.15, 0.2) is 0 Å². The summed E-state index contributed by atoms with van der Waals surface area (Å²) in [5, 5.41) is 3.97. The predicted octanol–water partition coefficient (Wildman–Crippen LogP) is 1.98. The molecule has 0 atom stereocenters. The summed E-state index contributed by atoms with van der Waals surface area (Å²) in [4.78, 5) is 12.5. The molecule has 0 bridgehead atoms. The first-order chi connectivity index (χ1) is 7.81. The summed E-state index contributed by atoms with van der Waals surface area (Å²) in [6, 6.07) is 9.93. The second-order valence-electron chi connectivity index (χ2n) is 3.55. The van der Waals surface area contributed by atoms with Crippen molar-refractivity contribution in [3.05, 3.63) is 35.2 Å². The maximum Gasteiger partial charge on any atom is 0.261 e. The predicted molar refractivity (Wildman–Crippen MR) is 67.8 cm³/mol. The first-order valence-corrected chi connectivity index (χ1v) is 6.10. The van der Waals surface area contributed by atoms with E-state index in [1.54, 1.807) is 0 Å². The molecule has 0 unspecified atom stereocenters. The van der Waals surface area contributed by atoms with Gasteiger partial charge in [0.25, 0.3) is 5.91 Å². The standard InChI is InChI=1S/C12H14N2OS/c13-6-3-7-14-12(15)11-8-9-4-1-2-5-10(9)16-11/h1-2,4-5,8H,3,6-7,13H2,(H,14,15). The topological polar surface area (TPSA) is 55.1 Å². The minimum atomic E-state index is -0.00495. The Balaban J connectivity index is 2.11. The van der Waals surface area contributed by atoms with E-state index in [-0.39, 0.29) is 5.91 Å². The molecule has 0 fully saturated rings. The molecule has 0 aliphatic heterocycles. The SMILES string of the molecule is NCCCNC(=O)c1cc2ccccc2s1. The molecule has 1 aromatic carbocycles. The second kappa shape index (κ2) is 5.09. The highest BCUT2D eigenvalue weighted by molar-refractivity contribution is 7.20. The van der Waals surface area contributed by atoms with E-state index >= 15 is 0 Å². The van der Waals surface area contributed by atoms with Gasteiger partial charge in [-0.25, -0.2) is 0 Å². The highest BCUT2D eigenvalue weighted by Gasteiger charge is 2.08. The Morgan fingerprint density at radius 2 is 2.19 bits per heavy atom. The van der Waals surface area contributed by atoms with Gasteiger partial charge < -0.3 is 11.1 Å². The Labute approximate surface area is 98.3 Å². The molecule has 0 saturated heterocycles. The van der Waals surface area contributed by atoms with Crippen molar-refractivity contribution in [2.75, 3.05) is 13.1 Å². The molecular weight excluding hydrogens is 220 g/mol. The lowest BCUT2D eigenvalue weighted by Gasteiger charge is -2.00. The van der Waals surface area contributed by atoms with Crippen LogP contribution in [0.25, 0.3) is 10.1 Å². The van der Waals surface area contributed by atoms with Crippen LogP contribution in [0.4, 0.5) is 0 Å². The first kappa shape index (κ1) is 11.1. The van der Waals surface area contributed by atoms with E-state index < -0.39 is 0 Å². The maximum atomic E-state index is 11.7. The number of hydrogen-bond donors (Lipinski definition) is 2. The monoisotopic (exact) mass is 234 g/mol. The van der Waals surface area contributed by atoms with E-state index in [9.17, 15) is 4.79 Å². The van der Waals surface area contributed by atoms with E-state index in [0.29, 0.717) is 13.1 Å². The van der Waals surface area contributed by atoms with Crippen LogP contribution in [0.15, 0.2) is 30.3 Å². The van der Waals surface area contributed by atoms with Crippen LogP contribution in [-0.2, 0) is 0 Å². The minimum Gasteiger partial charge on any atom is -0.351 e. The lowest BCUT2D eigenvalue weighted by atomic mass is 10.2. The largest absolute Gasteiger partial charge is 0.351 e. The number of amides is 1. The fourth-order valence-electron chi connectivity index (χ4n) is 1.48. The zero-order valence-corrected chi connectivity index (χ0v) is 9.72. The molecule has 0 aliphatic carbocycles. The number of carbonyl (C=O) groups excluding carboxylic acids is 1. The molecule has 3 nitrogen and oxygen atoms in total. The van der Waals surface area contributed by atoms with Gasteiger partial charge >= 0.3 is 0 Å². The van der Waals surface area contributed by atoms with Crippen molar-refractivity contribution < 1.29 is 4.79 Å². The summed E-state index contributed by atoms with van der Waals surface area (Å²) in [7, 11) is 0. The Morgan fingerprint density at radius 3 is 2.94 bits per heavy atom. The van der Waals surface area contributed by atoms with E-state index in [1.807, 2.05) is 30.3 Å². The molecule has 0 spiro atoms. The van der Waals surface area contributed by atoms with Gasteiger partial charge in [0, 0.05) is 11.2 Å². The molecule has 1 aromatic heterocycles. The van der Waals surface area contributed by atoms with Crippen LogP contribution in [0, 0.1) is 0 Å². The zero-order chi connectivity index (χ0) is 11.4. The first-order valence-electron chi connectivity index (χ1n) is 5.28. The fourth-order valence-corrected chi connectivity index (χ4v) is 2.46. The highest BCUT2D eigenvalue weighted by atomic mass is 32.1. The summed E-state index contributed by atoms with van der Waals surface area (Å²) in [5.41, 5.74) is 5.37. The summed E-state index contributed by atoms with van der Waals surface area (Å²) in [6.45, 7) is 1.25. The normalized spacial score (nSPS) is 10.6. The molecule has 4 heteroatoms. The van der Waals surface area contributed by atoms with Gasteiger partial charge in [0.2, 0.25) is 0 Å². The third-order valence-electron chi connectivity index (χ3n) is 2.32. The Kier molecular flexibility index (Phi) is 3.54. The third kappa shape index (κ3) is 2.40. The summed E-state index contributed by atoms with van der Waals surface area (Å²) in [5.74, 6) is -0.00495. The van der Waals surface area contributed by atoms with Gasteiger partial charge in [0.05, 0.1) is 4.88 Å². The van der Waals surface area contributed by atoms with Gasteiger partial charge in [-0.2, -0.15) is 0 Å². The average molecular weight is 234 g/mol. The summed E-state index contributed by atoms with van der Waals surface area (Å²) >= 11 is 1.52. The molecule has 0 saturated carbocycles. The van der Waals surface area contributed by atoms with Gasteiger partial charge in [-0.05, 0) is 30.5 Å². The molecule has 1 heterocycles. The lowest BCUT2D eigenvalue weighted by molar-refractivity contribution is 0.0957. The van der Waals surface area contributed by atoms with Crippen LogP contribution >= 0.6 is 11.3 Å². The Hall–Kier alpha value is -1.39. The zero-order valence-electron chi connectivity index (χ0n) is 8.90. The van der Waals surface area contributed by atoms with Gasteiger partial charge in [-0.15, -0.1) is 11.3 Å². The molecule has 3 N–H and O–H groups in total. The number of thiophene rings is 1. The van der Waals surface area contributed by atoms with Crippen molar-refractivity contribution in [3.63, 3.8) is 0 Å². The lowest BCUT2D eigenvalue weighted by Crippen LogP contribution is -2.25. The van der Waals surface area contributed by atoms with E-state index in [0.717, 1.165) is 21.4 Å². The molecule has 2 aromatic rings. The highest BCUT2D eigenvalue weighted by Crippen LogP contribution is 2.24. The van der Waals surface area contributed by atoms with Crippen LogP contribution in [0.1, 0.15) is 16.1 Å². The van der Waals surface area contributed by atoms with Crippen LogP contribution in [-0.4, -0.2) is 19.0 Å². The number of hydrogen-bond acceptors (Lipinski definition) is 3. The smallest absolute Gasteiger partial charge is 0.261 e. The number of rotatable bonds is 4. The third-order valence-corrected chi connectivity index (χ3v) is 3.43. The van der Waals surface area contributed by atoms with Crippen LogP contribution in [0.2, 0.25) is 0 Å². The summed E-state index contributed by atoms with van der Waals surface area (Å²) in [6.07, 6.45) is 0.816. The molecule has 16 heavy (non-hydrogen) atoms. The molecule has 1 amide bonds. The van der Waals surface area contributed by atoms with Crippen molar-refractivity contribution >= 4 is 27.3 Å². The van der Waals surface area contributed by atoms with Crippen molar-refractivity contribution in [1.82, 2.24) is 5.32 Å². The Morgan fingerprint density at radius 1 is 1.38 bits per heavy atom. The van der Waals surface area contributed by atoms with Crippen molar-refractivity contribution in [3.8, 4) is 0 Å². The minimum absolute atomic E-state index is 0.00495. The van der Waals surface area contributed by atoms with Gasteiger partial charge in [-0.1, -0.05) is 18.2 Å². The summed E-state index contributed by atoms with van der Waals surface area (Å²) < 4.78 is 1.14. The fraction of sp³-hybridized carbons (Fsp3) is 0.250. The van der Waals surface area contributed by atoms with E-state index in [1.165, 1.54) is 11.3 Å².